The highest BCUT2D eigenvalue weighted by molar-refractivity contribution is 5.81. The number of esters is 1. The first-order chi connectivity index (χ1) is 5.58. The number of hydrogen-bond acceptors (Lipinski definition) is 2. The minimum atomic E-state index is -0.263. The zero-order valence-corrected chi connectivity index (χ0v) is 8.13. The number of rotatable bonds is 2. The van der Waals surface area contributed by atoms with E-state index in [9.17, 15) is 4.79 Å². The molecule has 0 amide bonds. The maximum Gasteiger partial charge on any atom is 0.312 e. The Morgan fingerprint density at radius 3 is 2.58 bits per heavy atom. The second kappa shape index (κ2) is 2.92. The Balaban J connectivity index is 2.71. The zero-order chi connectivity index (χ0) is 9.35. The molecule has 0 heterocycles. The minimum absolute atomic E-state index is 0.0851. The van der Waals surface area contributed by atoms with Crippen LogP contribution >= 0.6 is 0 Å². The van der Waals surface area contributed by atoms with Crippen molar-refractivity contribution >= 4 is 5.97 Å². The normalized spacial score (nSPS) is 40.0. The van der Waals surface area contributed by atoms with Crippen LogP contribution in [0.15, 0.2) is 12.2 Å². The van der Waals surface area contributed by atoms with E-state index in [0.29, 0.717) is 11.8 Å². The highest BCUT2D eigenvalue weighted by Gasteiger charge is 2.63. The fourth-order valence-electron chi connectivity index (χ4n) is 1.88. The van der Waals surface area contributed by atoms with E-state index >= 15 is 0 Å². The molecule has 0 saturated heterocycles. The summed E-state index contributed by atoms with van der Waals surface area (Å²) >= 11 is 0. The van der Waals surface area contributed by atoms with Crippen molar-refractivity contribution in [2.75, 3.05) is 7.11 Å². The van der Waals surface area contributed by atoms with Crippen molar-refractivity contribution in [1.29, 1.82) is 0 Å². The molecule has 3 unspecified atom stereocenters. The van der Waals surface area contributed by atoms with Crippen molar-refractivity contribution in [3.8, 4) is 0 Å². The van der Waals surface area contributed by atoms with E-state index in [0.717, 1.165) is 0 Å². The molecular formula is C10H16O2. The third-order valence-corrected chi connectivity index (χ3v) is 3.09. The number of carbonyl (C=O) groups is 1. The molecule has 2 nitrogen and oxygen atoms in total. The summed E-state index contributed by atoms with van der Waals surface area (Å²) in [5.74, 6) is 0.703. The number of hydrogen-bond donors (Lipinski definition) is 0. The Labute approximate surface area is 73.6 Å². The van der Waals surface area contributed by atoms with Gasteiger partial charge in [-0.05, 0) is 25.7 Å². The fourth-order valence-corrected chi connectivity index (χ4v) is 1.88. The number of ether oxygens (including phenoxy) is 1. The Morgan fingerprint density at radius 2 is 2.17 bits per heavy atom. The third-order valence-electron chi connectivity index (χ3n) is 3.09. The van der Waals surface area contributed by atoms with Gasteiger partial charge in [0, 0.05) is 0 Å². The predicted molar refractivity (Wildman–Crippen MR) is 47.6 cm³/mol. The SMILES string of the molecule is CC=CC1C(C)C1(C)C(=O)OC. The van der Waals surface area contributed by atoms with Gasteiger partial charge in [-0.1, -0.05) is 19.1 Å². The lowest BCUT2D eigenvalue weighted by molar-refractivity contribution is -0.147. The van der Waals surface area contributed by atoms with Crippen LogP contribution in [0, 0.1) is 17.3 Å². The molecule has 1 saturated carbocycles. The second-order valence-electron chi connectivity index (χ2n) is 3.61. The molecule has 0 aliphatic heterocycles. The molecule has 12 heavy (non-hydrogen) atoms. The predicted octanol–water partition coefficient (Wildman–Crippen LogP) is 2.01. The molecule has 2 heteroatoms. The molecule has 1 aliphatic rings. The fraction of sp³-hybridized carbons (Fsp3) is 0.700. The van der Waals surface area contributed by atoms with Crippen molar-refractivity contribution < 1.29 is 9.53 Å². The van der Waals surface area contributed by atoms with Crippen LogP contribution in [0.1, 0.15) is 20.8 Å². The van der Waals surface area contributed by atoms with Gasteiger partial charge in [-0.15, -0.1) is 0 Å². The molecule has 0 N–H and O–H groups in total. The Kier molecular flexibility index (Phi) is 2.27. The lowest BCUT2D eigenvalue weighted by Gasteiger charge is -2.06. The molecule has 0 radical (unpaired) electrons. The largest absolute Gasteiger partial charge is 0.469 e. The van der Waals surface area contributed by atoms with Gasteiger partial charge in [0.25, 0.3) is 0 Å². The standard InChI is InChI=1S/C10H16O2/c1-5-6-8-7(2)10(8,3)9(11)12-4/h5-8H,1-4H3. The number of allylic oxidation sites excluding steroid dienone is 2. The van der Waals surface area contributed by atoms with Crippen molar-refractivity contribution in [3.05, 3.63) is 12.2 Å². The van der Waals surface area contributed by atoms with Crippen molar-refractivity contribution in [2.24, 2.45) is 17.3 Å². The van der Waals surface area contributed by atoms with Crippen LogP contribution in [0.25, 0.3) is 0 Å². The van der Waals surface area contributed by atoms with E-state index < -0.39 is 0 Å². The smallest absolute Gasteiger partial charge is 0.312 e. The van der Waals surface area contributed by atoms with Crippen LogP contribution in [0.2, 0.25) is 0 Å². The van der Waals surface area contributed by atoms with Crippen LogP contribution in [0.3, 0.4) is 0 Å². The quantitative estimate of drug-likeness (QED) is 0.465. The van der Waals surface area contributed by atoms with E-state index in [2.05, 4.69) is 13.0 Å². The molecule has 0 aromatic heterocycles. The lowest BCUT2D eigenvalue weighted by Crippen LogP contribution is -2.16. The highest BCUT2D eigenvalue weighted by atomic mass is 16.5. The van der Waals surface area contributed by atoms with E-state index in [1.807, 2.05) is 19.9 Å². The summed E-state index contributed by atoms with van der Waals surface area (Å²) in [6.07, 6.45) is 4.08. The maximum atomic E-state index is 11.3. The van der Waals surface area contributed by atoms with E-state index in [1.165, 1.54) is 7.11 Å². The second-order valence-corrected chi connectivity index (χ2v) is 3.61. The zero-order valence-electron chi connectivity index (χ0n) is 8.13. The number of carbonyl (C=O) groups excluding carboxylic acids is 1. The Morgan fingerprint density at radius 1 is 1.58 bits per heavy atom. The summed E-state index contributed by atoms with van der Waals surface area (Å²) < 4.78 is 4.75. The van der Waals surface area contributed by atoms with Gasteiger partial charge in [-0.2, -0.15) is 0 Å². The van der Waals surface area contributed by atoms with Crippen LogP contribution in [0.4, 0.5) is 0 Å². The Hall–Kier alpha value is -0.790. The molecular weight excluding hydrogens is 152 g/mol. The molecule has 1 fully saturated rings. The number of methoxy groups -OCH3 is 1. The maximum absolute atomic E-state index is 11.3. The van der Waals surface area contributed by atoms with E-state index in [-0.39, 0.29) is 11.4 Å². The molecule has 1 aliphatic carbocycles. The van der Waals surface area contributed by atoms with Gasteiger partial charge in [-0.25, -0.2) is 0 Å². The molecule has 0 bridgehead atoms. The van der Waals surface area contributed by atoms with E-state index in [1.54, 1.807) is 0 Å². The summed E-state index contributed by atoms with van der Waals surface area (Å²) in [6.45, 7) is 6.03. The first-order valence-electron chi connectivity index (χ1n) is 4.30. The van der Waals surface area contributed by atoms with Crippen molar-refractivity contribution in [3.63, 3.8) is 0 Å². The summed E-state index contributed by atoms with van der Waals surface area (Å²) in [5, 5.41) is 0. The summed E-state index contributed by atoms with van der Waals surface area (Å²) in [5.41, 5.74) is -0.263. The molecule has 0 spiro atoms. The van der Waals surface area contributed by atoms with Gasteiger partial charge in [0.1, 0.15) is 0 Å². The van der Waals surface area contributed by atoms with E-state index in [4.69, 9.17) is 4.74 Å². The monoisotopic (exact) mass is 168 g/mol. The molecule has 1 rings (SSSR count). The molecule has 0 aromatic carbocycles. The van der Waals surface area contributed by atoms with Gasteiger partial charge in [0.05, 0.1) is 12.5 Å². The van der Waals surface area contributed by atoms with Crippen LogP contribution in [0.5, 0.6) is 0 Å². The highest BCUT2D eigenvalue weighted by Crippen LogP contribution is 2.59. The van der Waals surface area contributed by atoms with Gasteiger partial charge >= 0.3 is 5.97 Å². The topological polar surface area (TPSA) is 26.3 Å². The van der Waals surface area contributed by atoms with Gasteiger partial charge < -0.3 is 4.74 Å². The van der Waals surface area contributed by atoms with Gasteiger partial charge in [-0.3, -0.25) is 4.79 Å². The summed E-state index contributed by atoms with van der Waals surface area (Å²) in [6, 6.07) is 0. The average molecular weight is 168 g/mol. The summed E-state index contributed by atoms with van der Waals surface area (Å²) in [7, 11) is 1.45. The van der Waals surface area contributed by atoms with Crippen LogP contribution < -0.4 is 0 Å². The van der Waals surface area contributed by atoms with Crippen LogP contribution in [-0.2, 0) is 9.53 Å². The minimum Gasteiger partial charge on any atom is -0.469 e. The first-order valence-corrected chi connectivity index (χ1v) is 4.30. The summed E-state index contributed by atoms with van der Waals surface area (Å²) in [4.78, 5) is 11.3. The third kappa shape index (κ3) is 1.06. The van der Waals surface area contributed by atoms with Gasteiger partial charge in [0.2, 0.25) is 0 Å². The molecule has 68 valence electrons. The van der Waals surface area contributed by atoms with Crippen molar-refractivity contribution in [1.82, 2.24) is 0 Å². The van der Waals surface area contributed by atoms with Crippen molar-refractivity contribution in [2.45, 2.75) is 20.8 Å². The van der Waals surface area contributed by atoms with Crippen LogP contribution in [-0.4, -0.2) is 13.1 Å². The van der Waals surface area contributed by atoms with Gasteiger partial charge in [0.15, 0.2) is 0 Å². The molecule has 3 atom stereocenters. The molecule has 0 aromatic rings. The first kappa shape index (κ1) is 9.30. The lowest BCUT2D eigenvalue weighted by atomic mass is 10.1. The Bertz CT molecular complexity index is 220. The average Bonchev–Trinajstić information content (AvgIpc) is 2.58.